The highest BCUT2D eigenvalue weighted by Crippen LogP contribution is 2.32. The molecule has 0 aromatic heterocycles. The molecular formula is C12H13NO6. The van der Waals surface area contributed by atoms with Crippen molar-refractivity contribution in [3.63, 3.8) is 0 Å². The smallest absolute Gasteiger partial charge is 0.339 e. The Labute approximate surface area is 108 Å². The zero-order valence-electron chi connectivity index (χ0n) is 10.1. The van der Waals surface area contributed by atoms with Gasteiger partial charge in [-0.15, -0.1) is 0 Å². The number of carbonyl (C=O) groups is 1. The van der Waals surface area contributed by atoms with Gasteiger partial charge in [0, 0.05) is 12.7 Å². The van der Waals surface area contributed by atoms with E-state index >= 15 is 0 Å². The highest BCUT2D eigenvalue weighted by atomic mass is 16.6. The molecule has 0 amide bonds. The van der Waals surface area contributed by atoms with E-state index in [1.165, 1.54) is 18.2 Å². The summed E-state index contributed by atoms with van der Waals surface area (Å²) in [5.41, 5.74) is -0.551. The molecule has 1 unspecified atom stereocenters. The molecule has 1 aliphatic rings. The Morgan fingerprint density at radius 3 is 2.89 bits per heavy atom. The number of nitrogens with zero attached hydrogens (tertiary/aromatic N) is 1. The summed E-state index contributed by atoms with van der Waals surface area (Å²) >= 11 is 0. The largest absolute Gasteiger partial charge is 0.480 e. The summed E-state index contributed by atoms with van der Waals surface area (Å²) in [6.45, 7) is 0.938. The number of nitro groups is 1. The summed E-state index contributed by atoms with van der Waals surface area (Å²) in [6, 6.07) is 3.84. The van der Waals surface area contributed by atoms with E-state index in [0.29, 0.717) is 19.6 Å². The zero-order valence-corrected chi connectivity index (χ0v) is 10.1. The van der Waals surface area contributed by atoms with Crippen LogP contribution in [0.4, 0.5) is 5.69 Å². The third-order valence-corrected chi connectivity index (χ3v) is 2.82. The molecule has 0 saturated carbocycles. The van der Waals surface area contributed by atoms with Crippen LogP contribution in [-0.4, -0.2) is 35.3 Å². The lowest BCUT2D eigenvalue weighted by Crippen LogP contribution is -2.28. The van der Waals surface area contributed by atoms with Crippen LogP contribution in [-0.2, 0) is 4.74 Å². The average molecular weight is 267 g/mol. The molecule has 1 aromatic rings. The van der Waals surface area contributed by atoms with Crippen molar-refractivity contribution in [1.29, 1.82) is 0 Å². The second kappa shape index (κ2) is 5.66. The Morgan fingerprint density at radius 1 is 1.53 bits per heavy atom. The van der Waals surface area contributed by atoms with E-state index in [1.807, 2.05) is 0 Å². The molecule has 2 rings (SSSR count). The van der Waals surface area contributed by atoms with Crippen LogP contribution < -0.4 is 4.74 Å². The fourth-order valence-corrected chi connectivity index (χ4v) is 1.93. The van der Waals surface area contributed by atoms with Gasteiger partial charge in [0.2, 0.25) is 5.75 Å². The van der Waals surface area contributed by atoms with Gasteiger partial charge >= 0.3 is 11.7 Å². The SMILES string of the molecule is O=C(O)c1cccc([N+](=O)[O-])c1OC1CCCOC1. The van der Waals surface area contributed by atoms with Gasteiger partial charge in [-0.3, -0.25) is 10.1 Å². The molecule has 1 fully saturated rings. The van der Waals surface area contributed by atoms with Crippen molar-refractivity contribution in [2.24, 2.45) is 0 Å². The molecule has 7 nitrogen and oxygen atoms in total. The fraction of sp³-hybridized carbons (Fsp3) is 0.417. The van der Waals surface area contributed by atoms with Gasteiger partial charge in [-0.25, -0.2) is 4.79 Å². The third kappa shape index (κ3) is 3.00. The van der Waals surface area contributed by atoms with E-state index < -0.39 is 10.9 Å². The molecule has 7 heteroatoms. The number of hydrogen-bond donors (Lipinski definition) is 1. The van der Waals surface area contributed by atoms with Crippen LogP contribution in [0.1, 0.15) is 23.2 Å². The molecule has 0 bridgehead atoms. The molecule has 1 N–H and O–H groups in total. The Morgan fingerprint density at radius 2 is 2.32 bits per heavy atom. The van der Waals surface area contributed by atoms with Crippen molar-refractivity contribution in [2.75, 3.05) is 13.2 Å². The maximum absolute atomic E-state index is 11.1. The Hall–Kier alpha value is -2.15. The van der Waals surface area contributed by atoms with E-state index in [-0.39, 0.29) is 23.1 Å². The first-order valence-corrected chi connectivity index (χ1v) is 5.84. The number of aromatic carboxylic acids is 1. The molecule has 1 heterocycles. The van der Waals surface area contributed by atoms with Crippen LogP contribution in [0.2, 0.25) is 0 Å². The lowest BCUT2D eigenvalue weighted by Gasteiger charge is -2.23. The quantitative estimate of drug-likeness (QED) is 0.660. The van der Waals surface area contributed by atoms with Gasteiger partial charge in [0.15, 0.2) is 0 Å². The van der Waals surface area contributed by atoms with Crippen molar-refractivity contribution in [3.8, 4) is 5.75 Å². The van der Waals surface area contributed by atoms with Gasteiger partial charge in [-0.2, -0.15) is 0 Å². The standard InChI is InChI=1S/C12H13NO6/c14-12(15)9-4-1-5-10(13(16)17)11(9)19-8-3-2-6-18-7-8/h1,4-5,8H,2-3,6-7H2,(H,14,15). The van der Waals surface area contributed by atoms with E-state index in [0.717, 1.165) is 6.42 Å². The second-order valence-electron chi connectivity index (χ2n) is 4.17. The molecule has 1 aliphatic heterocycles. The summed E-state index contributed by atoms with van der Waals surface area (Å²) < 4.78 is 10.7. The van der Waals surface area contributed by atoms with Crippen molar-refractivity contribution in [3.05, 3.63) is 33.9 Å². The first-order chi connectivity index (χ1) is 9.09. The minimum absolute atomic E-state index is 0.199. The molecule has 0 radical (unpaired) electrons. The van der Waals surface area contributed by atoms with Crippen molar-refractivity contribution in [1.82, 2.24) is 0 Å². The van der Waals surface area contributed by atoms with Crippen LogP contribution in [0.5, 0.6) is 5.75 Å². The maximum atomic E-state index is 11.1. The van der Waals surface area contributed by atoms with Crippen LogP contribution in [0.15, 0.2) is 18.2 Å². The topological polar surface area (TPSA) is 98.9 Å². The summed E-state index contributed by atoms with van der Waals surface area (Å²) in [5.74, 6) is -1.45. The molecule has 1 atom stereocenters. The molecule has 19 heavy (non-hydrogen) atoms. The number of nitro benzene ring substituents is 1. The fourth-order valence-electron chi connectivity index (χ4n) is 1.93. The highest BCUT2D eigenvalue weighted by Gasteiger charge is 2.26. The van der Waals surface area contributed by atoms with Gasteiger partial charge in [0.1, 0.15) is 11.7 Å². The Balaban J connectivity index is 2.34. The molecule has 102 valence electrons. The van der Waals surface area contributed by atoms with E-state index in [2.05, 4.69) is 0 Å². The molecule has 0 spiro atoms. The van der Waals surface area contributed by atoms with Crippen LogP contribution in [0.25, 0.3) is 0 Å². The van der Waals surface area contributed by atoms with Gasteiger partial charge < -0.3 is 14.6 Å². The van der Waals surface area contributed by atoms with Crippen LogP contribution in [0, 0.1) is 10.1 Å². The van der Waals surface area contributed by atoms with E-state index in [4.69, 9.17) is 14.6 Å². The molecule has 0 aliphatic carbocycles. The normalized spacial score (nSPS) is 18.8. The Kier molecular flexibility index (Phi) is 3.96. The highest BCUT2D eigenvalue weighted by molar-refractivity contribution is 5.92. The first-order valence-electron chi connectivity index (χ1n) is 5.84. The number of rotatable bonds is 4. The maximum Gasteiger partial charge on any atom is 0.339 e. The number of carboxylic acid groups (broad SMARTS) is 1. The molecule has 1 aromatic carbocycles. The van der Waals surface area contributed by atoms with Crippen molar-refractivity contribution >= 4 is 11.7 Å². The van der Waals surface area contributed by atoms with Gasteiger partial charge in [-0.1, -0.05) is 6.07 Å². The molecular weight excluding hydrogens is 254 g/mol. The van der Waals surface area contributed by atoms with Gasteiger partial charge in [0.25, 0.3) is 0 Å². The minimum atomic E-state index is -1.25. The van der Waals surface area contributed by atoms with Crippen LogP contribution >= 0.6 is 0 Å². The van der Waals surface area contributed by atoms with E-state index in [9.17, 15) is 14.9 Å². The lowest BCUT2D eigenvalue weighted by molar-refractivity contribution is -0.386. The van der Waals surface area contributed by atoms with E-state index in [1.54, 1.807) is 0 Å². The predicted molar refractivity (Wildman–Crippen MR) is 64.5 cm³/mol. The number of benzene rings is 1. The molecule has 1 saturated heterocycles. The number of carboxylic acids is 1. The minimum Gasteiger partial charge on any atom is -0.480 e. The Bertz CT molecular complexity index is 463. The predicted octanol–water partition coefficient (Wildman–Crippen LogP) is 1.85. The average Bonchev–Trinajstić information content (AvgIpc) is 2.39. The van der Waals surface area contributed by atoms with Crippen molar-refractivity contribution in [2.45, 2.75) is 18.9 Å². The van der Waals surface area contributed by atoms with Gasteiger partial charge in [-0.05, 0) is 18.9 Å². The first kappa shape index (κ1) is 13.3. The van der Waals surface area contributed by atoms with Crippen LogP contribution in [0.3, 0.4) is 0 Å². The zero-order chi connectivity index (χ0) is 13.8. The summed E-state index contributed by atoms with van der Waals surface area (Å²) in [5, 5.41) is 20.0. The number of hydrogen-bond acceptors (Lipinski definition) is 5. The summed E-state index contributed by atoms with van der Waals surface area (Å²) in [6.07, 6.45) is 1.12. The second-order valence-corrected chi connectivity index (χ2v) is 4.17. The summed E-state index contributed by atoms with van der Waals surface area (Å²) in [4.78, 5) is 21.4. The lowest BCUT2D eigenvalue weighted by atomic mass is 10.1. The third-order valence-electron chi connectivity index (χ3n) is 2.82. The summed E-state index contributed by atoms with van der Waals surface area (Å²) in [7, 11) is 0. The monoisotopic (exact) mass is 267 g/mol. The number of para-hydroxylation sites is 1. The number of ether oxygens (including phenoxy) is 2. The van der Waals surface area contributed by atoms with Gasteiger partial charge in [0.05, 0.1) is 11.5 Å². The van der Waals surface area contributed by atoms with Crippen molar-refractivity contribution < 1.29 is 24.3 Å².